The molecule has 0 atom stereocenters. The van der Waals surface area contributed by atoms with Crippen LogP contribution >= 0.6 is 0 Å². The monoisotopic (exact) mass is 315 g/mol. The largest absolute Gasteiger partial charge is 0.481 e. The Labute approximate surface area is 132 Å². The third kappa shape index (κ3) is 4.26. The number of hydrogen-bond donors (Lipinski definition) is 2. The van der Waals surface area contributed by atoms with Gasteiger partial charge in [0, 0.05) is 24.7 Å². The summed E-state index contributed by atoms with van der Waals surface area (Å²) >= 11 is 0. The van der Waals surface area contributed by atoms with Crippen molar-refractivity contribution in [3.05, 3.63) is 58.0 Å². The van der Waals surface area contributed by atoms with Crippen molar-refractivity contribution in [2.75, 3.05) is 6.54 Å². The lowest BCUT2D eigenvalue weighted by Gasteiger charge is -2.11. The van der Waals surface area contributed by atoms with E-state index < -0.39 is 17.3 Å². The third-order valence-electron chi connectivity index (χ3n) is 3.18. The van der Waals surface area contributed by atoms with E-state index in [9.17, 15) is 14.4 Å². The highest BCUT2D eigenvalue weighted by molar-refractivity contribution is 5.92. The van der Waals surface area contributed by atoms with Gasteiger partial charge in [-0.3, -0.25) is 14.4 Å². The lowest BCUT2D eigenvalue weighted by molar-refractivity contribution is -0.137. The molecule has 1 amide bonds. The number of aryl methyl sites for hydroxylation is 1. The minimum atomic E-state index is -0.931. The normalized spacial score (nSPS) is 10.3. The molecule has 120 valence electrons. The molecule has 0 aliphatic rings. The van der Waals surface area contributed by atoms with Crippen molar-refractivity contribution in [2.45, 2.75) is 19.8 Å². The van der Waals surface area contributed by atoms with E-state index in [1.165, 1.54) is 10.7 Å². The van der Waals surface area contributed by atoms with Gasteiger partial charge >= 0.3 is 5.97 Å². The fourth-order valence-electron chi connectivity index (χ4n) is 2.06. The van der Waals surface area contributed by atoms with E-state index in [0.29, 0.717) is 12.1 Å². The first-order chi connectivity index (χ1) is 11.0. The van der Waals surface area contributed by atoms with E-state index in [1.54, 1.807) is 6.92 Å². The van der Waals surface area contributed by atoms with Crippen molar-refractivity contribution in [3.8, 4) is 5.69 Å². The average Bonchev–Trinajstić information content (AvgIpc) is 2.52. The minimum absolute atomic E-state index is 0.0458. The molecule has 0 aliphatic heterocycles. The Bertz CT molecular complexity index is 769. The van der Waals surface area contributed by atoms with Gasteiger partial charge < -0.3 is 10.4 Å². The van der Waals surface area contributed by atoms with Crippen molar-refractivity contribution < 1.29 is 14.7 Å². The van der Waals surface area contributed by atoms with E-state index in [0.717, 1.165) is 5.69 Å². The molecule has 2 rings (SSSR count). The van der Waals surface area contributed by atoms with Gasteiger partial charge in [0.15, 0.2) is 5.69 Å². The molecule has 0 saturated heterocycles. The van der Waals surface area contributed by atoms with Crippen LogP contribution in [0.15, 0.2) is 41.2 Å². The number of benzene rings is 1. The predicted molar refractivity (Wildman–Crippen MR) is 83.8 cm³/mol. The van der Waals surface area contributed by atoms with Gasteiger partial charge in [-0.15, -0.1) is 0 Å². The third-order valence-corrected chi connectivity index (χ3v) is 3.18. The molecule has 7 heteroatoms. The summed E-state index contributed by atoms with van der Waals surface area (Å²) in [5, 5.41) is 15.2. The second kappa shape index (κ2) is 7.35. The summed E-state index contributed by atoms with van der Waals surface area (Å²) in [6.07, 6.45) is 0.246. The molecule has 0 radical (unpaired) electrons. The number of hydrogen-bond acceptors (Lipinski definition) is 4. The van der Waals surface area contributed by atoms with Crippen molar-refractivity contribution >= 4 is 11.9 Å². The van der Waals surface area contributed by atoms with Gasteiger partial charge in [0.2, 0.25) is 5.43 Å². The second-order valence-electron chi connectivity index (χ2n) is 5.00. The molecule has 1 aromatic carbocycles. The predicted octanol–water partition coefficient (Wildman–Crippen LogP) is 1.14. The van der Waals surface area contributed by atoms with Gasteiger partial charge in [0.05, 0.1) is 5.69 Å². The standard InChI is InChI=1S/C16H17N3O4/c1-11-10-13(20)15(16(23)17-9-5-8-14(21)22)18-19(11)12-6-3-2-4-7-12/h2-4,6-7,10H,5,8-9H2,1H3,(H,17,23)(H,21,22). The lowest BCUT2D eigenvalue weighted by Crippen LogP contribution is -2.32. The maximum absolute atomic E-state index is 12.1. The van der Waals surface area contributed by atoms with Crippen LogP contribution < -0.4 is 10.7 Å². The van der Waals surface area contributed by atoms with Crippen molar-refractivity contribution in [3.63, 3.8) is 0 Å². The zero-order chi connectivity index (χ0) is 16.8. The number of carbonyl (C=O) groups is 2. The molecule has 7 nitrogen and oxygen atoms in total. The van der Waals surface area contributed by atoms with Crippen LogP contribution in [0.2, 0.25) is 0 Å². The number of rotatable bonds is 6. The van der Waals surface area contributed by atoms with Crippen LogP contribution in [0, 0.1) is 6.92 Å². The van der Waals surface area contributed by atoms with E-state index in [4.69, 9.17) is 5.11 Å². The quantitative estimate of drug-likeness (QED) is 0.778. The highest BCUT2D eigenvalue weighted by atomic mass is 16.4. The SMILES string of the molecule is Cc1cc(=O)c(C(=O)NCCCC(=O)O)nn1-c1ccccc1. The van der Waals surface area contributed by atoms with Gasteiger partial charge in [-0.25, -0.2) is 4.68 Å². The molecule has 0 saturated carbocycles. The van der Waals surface area contributed by atoms with E-state index >= 15 is 0 Å². The van der Waals surface area contributed by atoms with Crippen molar-refractivity contribution in [1.82, 2.24) is 15.1 Å². The Morgan fingerprint density at radius 1 is 1.26 bits per heavy atom. The number of carboxylic acid groups (broad SMARTS) is 1. The molecular formula is C16H17N3O4. The molecule has 23 heavy (non-hydrogen) atoms. The summed E-state index contributed by atoms with van der Waals surface area (Å²) < 4.78 is 1.52. The van der Waals surface area contributed by atoms with Crippen LogP contribution in [-0.2, 0) is 4.79 Å². The van der Waals surface area contributed by atoms with E-state index in [-0.39, 0.29) is 18.7 Å². The van der Waals surface area contributed by atoms with Gasteiger partial charge in [-0.1, -0.05) is 18.2 Å². The number of aliphatic carboxylic acids is 1. The summed E-state index contributed by atoms with van der Waals surface area (Å²) in [7, 11) is 0. The molecule has 1 aromatic heterocycles. The highest BCUT2D eigenvalue weighted by Gasteiger charge is 2.14. The Kier molecular flexibility index (Phi) is 5.24. The van der Waals surface area contributed by atoms with Crippen LogP contribution in [0.3, 0.4) is 0 Å². The molecule has 2 aromatic rings. The first-order valence-electron chi connectivity index (χ1n) is 7.15. The van der Waals surface area contributed by atoms with Crippen molar-refractivity contribution in [1.29, 1.82) is 0 Å². The number of nitrogens with zero attached hydrogens (tertiary/aromatic N) is 2. The van der Waals surface area contributed by atoms with Crippen LogP contribution in [0.25, 0.3) is 5.69 Å². The van der Waals surface area contributed by atoms with E-state index in [2.05, 4.69) is 10.4 Å². The van der Waals surface area contributed by atoms with Gasteiger partial charge in [-0.2, -0.15) is 5.10 Å². The number of carboxylic acids is 1. The highest BCUT2D eigenvalue weighted by Crippen LogP contribution is 2.07. The van der Waals surface area contributed by atoms with Crippen LogP contribution in [0.1, 0.15) is 29.0 Å². The fraction of sp³-hybridized carbons (Fsp3) is 0.250. The van der Waals surface area contributed by atoms with Crippen LogP contribution in [-0.4, -0.2) is 33.3 Å². The summed E-state index contributed by atoms with van der Waals surface area (Å²) in [6, 6.07) is 10.5. The Hall–Kier alpha value is -2.96. The number of para-hydroxylation sites is 1. The summed E-state index contributed by atoms with van der Waals surface area (Å²) in [5.74, 6) is -1.54. The molecule has 0 spiro atoms. The molecule has 0 bridgehead atoms. The molecular weight excluding hydrogens is 298 g/mol. The first-order valence-corrected chi connectivity index (χ1v) is 7.15. The summed E-state index contributed by atoms with van der Waals surface area (Å²) in [6.45, 7) is 1.90. The van der Waals surface area contributed by atoms with Gasteiger partial charge in [-0.05, 0) is 25.5 Å². The number of amides is 1. The van der Waals surface area contributed by atoms with Gasteiger partial charge in [0.1, 0.15) is 0 Å². The maximum atomic E-state index is 12.1. The number of carbonyl (C=O) groups excluding carboxylic acids is 1. The maximum Gasteiger partial charge on any atom is 0.303 e. The Morgan fingerprint density at radius 3 is 2.61 bits per heavy atom. The Balaban J connectivity index is 2.20. The zero-order valence-electron chi connectivity index (χ0n) is 12.7. The van der Waals surface area contributed by atoms with Crippen LogP contribution in [0.4, 0.5) is 0 Å². The van der Waals surface area contributed by atoms with Gasteiger partial charge in [0.25, 0.3) is 5.91 Å². The summed E-state index contributed by atoms with van der Waals surface area (Å²) in [5.41, 5.74) is 0.675. The topological polar surface area (TPSA) is 101 Å². The fourth-order valence-corrected chi connectivity index (χ4v) is 2.06. The summed E-state index contributed by atoms with van der Waals surface area (Å²) in [4.78, 5) is 34.5. The lowest BCUT2D eigenvalue weighted by atomic mass is 10.2. The average molecular weight is 315 g/mol. The Morgan fingerprint density at radius 2 is 1.96 bits per heavy atom. The molecule has 0 aliphatic carbocycles. The van der Waals surface area contributed by atoms with E-state index in [1.807, 2.05) is 30.3 Å². The smallest absolute Gasteiger partial charge is 0.303 e. The second-order valence-corrected chi connectivity index (χ2v) is 5.00. The molecule has 0 unspecified atom stereocenters. The zero-order valence-corrected chi connectivity index (χ0v) is 12.7. The minimum Gasteiger partial charge on any atom is -0.481 e. The van der Waals surface area contributed by atoms with Crippen LogP contribution in [0.5, 0.6) is 0 Å². The molecule has 1 heterocycles. The first kappa shape index (κ1) is 16.4. The number of aromatic nitrogens is 2. The molecule has 0 fully saturated rings. The number of nitrogens with one attached hydrogen (secondary N) is 1. The molecule has 2 N–H and O–H groups in total. The van der Waals surface area contributed by atoms with Crippen molar-refractivity contribution in [2.24, 2.45) is 0 Å².